The van der Waals surface area contributed by atoms with Crippen LogP contribution in [0.5, 0.6) is 0 Å². The Morgan fingerprint density at radius 2 is 0.722 bits per heavy atom. The average Bonchev–Trinajstić information content (AvgIpc) is 2.31. The summed E-state index contributed by atoms with van der Waals surface area (Å²) in [6.45, 7) is 12.4. The van der Waals surface area contributed by atoms with Crippen LogP contribution < -0.4 is 0 Å². The maximum absolute atomic E-state index is 2.17. The van der Waals surface area contributed by atoms with E-state index in [1.54, 1.807) is 0 Å². The summed E-state index contributed by atoms with van der Waals surface area (Å²) in [5, 5.41) is 0. The third-order valence-electron chi connectivity index (χ3n) is 2.35. The number of hydrogen-bond donors (Lipinski definition) is 0. The summed E-state index contributed by atoms with van der Waals surface area (Å²) in [7, 11) is 0. The molecule has 0 aliphatic rings. The van der Waals surface area contributed by atoms with Gasteiger partial charge in [-0.1, -0.05) is 84.6 Å². The second-order valence-corrected chi connectivity index (χ2v) is 4.32. The third kappa shape index (κ3) is 7.67. The van der Waals surface area contributed by atoms with Crippen LogP contribution in [0.25, 0.3) is 0 Å². The molecular weight excluding hydrogens is 216 g/mol. The van der Waals surface area contributed by atoms with Crippen LogP contribution in [-0.2, 0) is 0 Å². The maximum Gasteiger partial charge on any atom is -0.0398 e. The molecule has 0 spiro atoms. The highest BCUT2D eigenvalue weighted by Gasteiger charge is 1.81. The molecule has 0 heterocycles. The number of hydrogen-bond acceptors (Lipinski definition) is 0. The fourth-order valence-corrected chi connectivity index (χ4v) is 1.61. The summed E-state index contributed by atoms with van der Waals surface area (Å²) in [4.78, 5) is 0. The second kappa shape index (κ2) is 9.47. The van der Waals surface area contributed by atoms with Crippen molar-refractivity contribution in [3.8, 4) is 0 Å². The molecule has 0 aromatic heterocycles. The Morgan fingerprint density at radius 1 is 0.500 bits per heavy atom. The van der Waals surface area contributed by atoms with Crippen molar-refractivity contribution in [3.05, 3.63) is 70.8 Å². The van der Waals surface area contributed by atoms with E-state index in [0.717, 1.165) is 0 Å². The Morgan fingerprint density at radius 3 is 0.833 bits per heavy atom. The minimum atomic E-state index is 1.34. The summed E-state index contributed by atoms with van der Waals surface area (Å²) in [5.41, 5.74) is 5.35. The molecule has 18 heavy (non-hydrogen) atoms. The molecule has 0 nitrogen and oxygen atoms in total. The lowest BCUT2D eigenvalue weighted by atomic mass is 10.2. The fourth-order valence-electron chi connectivity index (χ4n) is 1.61. The molecule has 0 atom stereocenters. The fraction of sp³-hybridized carbons (Fsp3) is 0.333. The van der Waals surface area contributed by atoms with Crippen LogP contribution in [0.1, 0.15) is 36.1 Å². The molecule has 0 aliphatic heterocycles. The van der Waals surface area contributed by atoms with Crippen molar-refractivity contribution in [2.75, 3.05) is 0 Å². The third-order valence-corrected chi connectivity index (χ3v) is 2.35. The maximum atomic E-state index is 2.17. The normalized spacial score (nSPS) is 8.56. The van der Waals surface area contributed by atoms with Crippen molar-refractivity contribution >= 4 is 0 Å². The van der Waals surface area contributed by atoms with Crippen LogP contribution in [0.3, 0.4) is 0 Å². The summed E-state index contributed by atoms with van der Waals surface area (Å²) in [5.74, 6) is 0. The highest BCUT2D eigenvalue weighted by Crippen LogP contribution is 2.00. The Bertz CT molecular complexity index is 363. The van der Waals surface area contributed by atoms with Crippen LogP contribution in [0, 0.1) is 27.7 Å². The van der Waals surface area contributed by atoms with Gasteiger partial charge in [-0.3, -0.25) is 0 Å². The van der Waals surface area contributed by atoms with Gasteiger partial charge in [-0.2, -0.15) is 0 Å². The highest BCUT2D eigenvalue weighted by molar-refractivity contribution is 5.20. The molecule has 2 aromatic rings. The van der Waals surface area contributed by atoms with Gasteiger partial charge in [0.2, 0.25) is 0 Å². The highest BCUT2D eigenvalue weighted by atomic mass is 13.9. The van der Waals surface area contributed by atoms with Gasteiger partial charge in [0.05, 0.1) is 0 Å². The molecule has 2 aromatic carbocycles. The lowest BCUT2D eigenvalue weighted by molar-refractivity contribution is 1.39. The van der Waals surface area contributed by atoms with Crippen LogP contribution >= 0.6 is 0 Å². The predicted molar refractivity (Wildman–Crippen MR) is 83.2 cm³/mol. The lowest BCUT2D eigenvalue weighted by Crippen LogP contribution is -1.71. The predicted octanol–water partition coefficient (Wildman–Crippen LogP) is 5.63. The van der Waals surface area contributed by atoms with Gasteiger partial charge in [0.15, 0.2) is 0 Å². The molecule has 0 aliphatic carbocycles. The standard InChI is InChI=1S/2C8H10.C2H6/c2*1-7-4-3-5-8(2)6-7;1-2/h2*3-6H,1-2H3;1-2H3. The first kappa shape index (κ1) is 16.4. The SMILES string of the molecule is CC.Cc1cccc(C)c1.Cc1cccc(C)c1. The van der Waals surface area contributed by atoms with E-state index in [9.17, 15) is 0 Å². The second-order valence-electron chi connectivity index (χ2n) is 4.32. The topological polar surface area (TPSA) is 0 Å². The number of aryl methyl sites for hydroxylation is 4. The first-order valence-corrected chi connectivity index (χ1v) is 6.64. The van der Waals surface area contributed by atoms with E-state index in [0.29, 0.717) is 0 Å². The zero-order valence-electron chi connectivity index (χ0n) is 12.6. The van der Waals surface area contributed by atoms with Crippen molar-refractivity contribution in [3.63, 3.8) is 0 Å². The van der Waals surface area contributed by atoms with Crippen LogP contribution in [0.15, 0.2) is 48.5 Å². The monoisotopic (exact) mass is 242 g/mol. The van der Waals surface area contributed by atoms with Gasteiger partial charge < -0.3 is 0 Å². The van der Waals surface area contributed by atoms with E-state index in [1.807, 2.05) is 13.8 Å². The largest absolute Gasteiger partial charge is 0.0683 e. The lowest BCUT2D eigenvalue weighted by Gasteiger charge is -1.90. The summed E-state index contributed by atoms with van der Waals surface area (Å²) < 4.78 is 0. The minimum Gasteiger partial charge on any atom is -0.0683 e. The molecule has 0 bridgehead atoms. The number of benzene rings is 2. The van der Waals surface area contributed by atoms with Crippen LogP contribution in [0.4, 0.5) is 0 Å². The van der Waals surface area contributed by atoms with Gasteiger partial charge in [-0.05, 0) is 27.7 Å². The van der Waals surface area contributed by atoms with E-state index in [2.05, 4.69) is 76.2 Å². The van der Waals surface area contributed by atoms with Gasteiger partial charge in [0.1, 0.15) is 0 Å². The quantitative estimate of drug-likeness (QED) is 0.561. The summed E-state index contributed by atoms with van der Waals surface area (Å²) in [6.07, 6.45) is 0. The van der Waals surface area contributed by atoms with Crippen molar-refractivity contribution in [2.24, 2.45) is 0 Å². The molecule has 0 radical (unpaired) electrons. The van der Waals surface area contributed by atoms with E-state index >= 15 is 0 Å². The zero-order valence-corrected chi connectivity index (χ0v) is 12.6. The smallest absolute Gasteiger partial charge is 0.0398 e. The minimum absolute atomic E-state index is 1.34. The van der Waals surface area contributed by atoms with Crippen molar-refractivity contribution in [1.82, 2.24) is 0 Å². The van der Waals surface area contributed by atoms with Crippen LogP contribution in [-0.4, -0.2) is 0 Å². The van der Waals surface area contributed by atoms with Gasteiger partial charge in [-0.15, -0.1) is 0 Å². The molecule has 0 unspecified atom stereocenters. The first-order valence-electron chi connectivity index (χ1n) is 6.64. The van der Waals surface area contributed by atoms with E-state index in [4.69, 9.17) is 0 Å². The van der Waals surface area contributed by atoms with Gasteiger partial charge in [-0.25, -0.2) is 0 Å². The van der Waals surface area contributed by atoms with E-state index < -0.39 is 0 Å². The van der Waals surface area contributed by atoms with Crippen molar-refractivity contribution in [2.45, 2.75) is 41.5 Å². The Balaban J connectivity index is 0.000000283. The molecular formula is C18H26. The average molecular weight is 242 g/mol. The molecule has 0 heteroatoms. The Labute approximate surface area is 113 Å². The van der Waals surface area contributed by atoms with Gasteiger partial charge >= 0.3 is 0 Å². The summed E-state index contributed by atoms with van der Waals surface area (Å²) in [6, 6.07) is 16.9. The van der Waals surface area contributed by atoms with Gasteiger partial charge in [0.25, 0.3) is 0 Å². The number of rotatable bonds is 0. The van der Waals surface area contributed by atoms with E-state index in [1.165, 1.54) is 22.3 Å². The van der Waals surface area contributed by atoms with Gasteiger partial charge in [0, 0.05) is 0 Å². The molecule has 0 fully saturated rings. The molecule has 0 amide bonds. The van der Waals surface area contributed by atoms with Crippen LogP contribution in [0.2, 0.25) is 0 Å². The molecule has 0 saturated heterocycles. The van der Waals surface area contributed by atoms with Crippen molar-refractivity contribution in [1.29, 1.82) is 0 Å². The van der Waals surface area contributed by atoms with E-state index in [-0.39, 0.29) is 0 Å². The Kier molecular flexibility index (Phi) is 8.65. The first-order chi connectivity index (χ1) is 8.58. The molecule has 2 rings (SSSR count). The Hall–Kier alpha value is -1.56. The molecule has 98 valence electrons. The zero-order chi connectivity index (χ0) is 14.0. The summed E-state index contributed by atoms with van der Waals surface area (Å²) >= 11 is 0. The van der Waals surface area contributed by atoms with Crippen molar-refractivity contribution < 1.29 is 0 Å². The molecule has 0 saturated carbocycles. The molecule has 0 N–H and O–H groups in total.